The molecule has 27 heavy (non-hydrogen) atoms. The minimum atomic E-state index is -4.41. The third-order valence-electron chi connectivity index (χ3n) is 4.05. The Balaban J connectivity index is 1.60. The fraction of sp³-hybridized carbons (Fsp3) is 0.438. The van der Waals surface area contributed by atoms with Crippen LogP contribution in [0.5, 0.6) is 0 Å². The summed E-state index contributed by atoms with van der Waals surface area (Å²) in [5.74, 6) is -3.53. The van der Waals surface area contributed by atoms with Gasteiger partial charge >= 0.3 is 6.18 Å². The van der Waals surface area contributed by atoms with Crippen molar-refractivity contribution >= 4 is 5.91 Å². The van der Waals surface area contributed by atoms with E-state index >= 15 is 0 Å². The highest BCUT2D eigenvalue weighted by molar-refractivity contribution is 5.92. The number of halogens is 5. The third kappa shape index (κ3) is 5.00. The summed E-state index contributed by atoms with van der Waals surface area (Å²) in [6.45, 7) is -0.0921. The fourth-order valence-electron chi connectivity index (χ4n) is 2.76. The van der Waals surface area contributed by atoms with Crippen molar-refractivity contribution in [1.82, 2.24) is 25.6 Å². The average molecular weight is 389 g/mol. The van der Waals surface area contributed by atoms with Crippen molar-refractivity contribution in [3.63, 3.8) is 0 Å². The van der Waals surface area contributed by atoms with E-state index in [0.717, 1.165) is 12.1 Å². The summed E-state index contributed by atoms with van der Waals surface area (Å²) in [4.78, 5) is 12.1. The standard InChI is InChI=1S/C16H16F5N5O/c17-15(18)5-12(6-22-9-15)23-14(27)13-8-26(25-24-13)7-10-1-3-11(4-2-10)16(19,20)21/h1-4,8,12,22H,5-7,9H2,(H,23,27)/t12-/m0/s1. The second-order valence-electron chi connectivity index (χ2n) is 6.36. The summed E-state index contributed by atoms with van der Waals surface area (Å²) >= 11 is 0. The molecule has 0 saturated carbocycles. The Labute approximate surface area is 150 Å². The van der Waals surface area contributed by atoms with E-state index in [0.29, 0.717) is 5.56 Å². The maximum absolute atomic E-state index is 13.3. The highest BCUT2D eigenvalue weighted by Gasteiger charge is 2.37. The summed E-state index contributed by atoms with van der Waals surface area (Å²) < 4.78 is 65.6. The summed E-state index contributed by atoms with van der Waals surface area (Å²) in [5.41, 5.74) is -0.283. The van der Waals surface area contributed by atoms with Gasteiger partial charge in [0.05, 0.1) is 24.8 Å². The first-order valence-corrected chi connectivity index (χ1v) is 8.08. The van der Waals surface area contributed by atoms with Crippen molar-refractivity contribution in [2.45, 2.75) is 31.1 Å². The number of carbonyl (C=O) groups is 1. The second-order valence-corrected chi connectivity index (χ2v) is 6.36. The van der Waals surface area contributed by atoms with Gasteiger partial charge in [-0.3, -0.25) is 4.79 Å². The first-order chi connectivity index (χ1) is 12.6. The zero-order chi connectivity index (χ0) is 19.7. The molecule has 2 N–H and O–H groups in total. The van der Waals surface area contributed by atoms with Crippen LogP contribution in [0.4, 0.5) is 22.0 Å². The molecule has 11 heteroatoms. The minimum absolute atomic E-state index is 0.0594. The lowest BCUT2D eigenvalue weighted by atomic mass is 10.0. The number of alkyl halides is 5. The molecule has 0 unspecified atom stereocenters. The lowest BCUT2D eigenvalue weighted by Crippen LogP contribution is -2.53. The molecule has 0 bridgehead atoms. The summed E-state index contributed by atoms with van der Waals surface area (Å²) in [6, 6.07) is 3.79. The van der Waals surface area contributed by atoms with Crippen LogP contribution in [0.3, 0.4) is 0 Å². The van der Waals surface area contributed by atoms with Crippen LogP contribution >= 0.6 is 0 Å². The van der Waals surface area contributed by atoms with Gasteiger partial charge in [-0.25, -0.2) is 13.5 Å². The van der Waals surface area contributed by atoms with Crippen molar-refractivity contribution in [3.8, 4) is 0 Å². The Morgan fingerprint density at radius 2 is 2.00 bits per heavy atom. The van der Waals surface area contributed by atoms with Crippen LogP contribution < -0.4 is 10.6 Å². The van der Waals surface area contributed by atoms with E-state index in [1.165, 1.54) is 23.0 Å². The summed E-state index contributed by atoms with van der Waals surface area (Å²) in [7, 11) is 0. The number of piperidine rings is 1. The van der Waals surface area contributed by atoms with Gasteiger partial charge in [0.15, 0.2) is 5.69 Å². The molecule has 1 aliphatic heterocycles. The van der Waals surface area contributed by atoms with Crippen LogP contribution in [0, 0.1) is 0 Å². The van der Waals surface area contributed by atoms with Gasteiger partial charge in [0, 0.05) is 19.0 Å². The SMILES string of the molecule is O=C(N[C@@H]1CNCC(F)(F)C1)c1cn(Cc2ccc(C(F)(F)F)cc2)nn1. The van der Waals surface area contributed by atoms with Gasteiger partial charge in [-0.2, -0.15) is 13.2 Å². The highest BCUT2D eigenvalue weighted by atomic mass is 19.4. The zero-order valence-corrected chi connectivity index (χ0v) is 13.9. The molecule has 1 fully saturated rings. The van der Waals surface area contributed by atoms with Gasteiger partial charge in [-0.1, -0.05) is 17.3 Å². The van der Waals surface area contributed by atoms with Crippen LogP contribution in [0.25, 0.3) is 0 Å². The zero-order valence-electron chi connectivity index (χ0n) is 13.9. The Morgan fingerprint density at radius 3 is 2.63 bits per heavy atom. The van der Waals surface area contributed by atoms with E-state index in [2.05, 4.69) is 20.9 Å². The highest BCUT2D eigenvalue weighted by Crippen LogP contribution is 2.29. The Hall–Kier alpha value is -2.56. The molecule has 2 aromatic rings. The lowest BCUT2D eigenvalue weighted by molar-refractivity contribution is -0.137. The van der Waals surface area contributed by atoms with Gasteiger partial charge in [-0.05, 0) is 17.7 Å². The monoisotopic (exact) mass is 389 g/mol. The Bertz CT molecular complexity index is 802. The topological polar surface area (TPSA) is 71.8 Å². The second kappa shape index (κ2) is 7.22. The predicted molar refractivity (Wildman–Crippen MR) is 84.3 cm³/mol. The molecule has 1 aliphatic rings. The maximum Gasteiger partial charge on any atom is 0.416 e. The number of hydrogen-bond donors (Lipinski definition) is 2. The first-order valence-electron chi connectivity index (χ1n) is 8.08. The molecule has 2 heterocycles. The number of nitrogens with zero attached hydrogens (tertiary/aromatic N) is 3. The van der Waals surface area contributed by atoms with Gasteiger partial charge < -0.3 is 10.6 Å². The maximum atomic E-state index is 13.3. The number of amides is 1. The quantitative estimate of drug-likeness (QED) is 0.786. The number of hydrogen-bond acceptors (Lipinski definition) is 4. The first kappa shape index (κ1) is 19.2. The number of aromatic nitrogens is 3. The normalized spacial score (nSPS) is 19.7. The van der Waals surface area contributed by atoms with Crippen molar-refractivity contribution in [2.75, 3.05) is 13.1 Å². The number of rotatable bonds is 4. The molecule has 3 rings (SSSR count). The van der Waals surface area contributed by atoms with E-state index in [1.807, 2.05) is 0 Å². The van der Waals surface area contributed by atoms with Gasteiger partial charge in [-0.15, -0.1) is 5.10 Å². The lowest BCUT2D eigenvalue weighted by Gasteiger charge is -2.29. The van der Waals surface area contributed by atoms with Crippen molar-refractivity contribution in [3.05, 3.63) is 47.3 Å². The fourth-order valence-corrected chi connectivity index (χ4v) is 2.76. The van der Waals surface area contributed by atoms with E-state index in [1.54, 1.807) is 0 Å². The van der Waals surface area contributed by atoms with E-state index in [9.17, 15) is 26.7 Å². The molecule has 0 radical (unpaired) electrons. The van der Waals surface area contributed by atoms with E-state index in [4.69, 9.17) is 0 Å². The average Bonchev–Trinajstić information content (AvgIpc) is 3.02. The predicted octanol–water partition coefficient (Wildman–Crippen LogP) is 2.07. The smallest absolute Gasteiger partial charge is 0.346 e. The van der Waals surface area contributed by atoms with Crippen LogP contribution in [-0.2, 0) is 12.7 Å². The molecule has 1 aromatic heterocycles. The van der Waals surface area contributed by atoms with Crippen molar-refractivity contribution < 1.29 is 26.7 Å². The summed E-state index contributed by atoms with van der Waals surface area (Å²) in [5, 5.41) is 12.4. The van der Waals surface area contributed by atoms with E-state index in [-0.39, 0.29) is 18.8 Å². The minimum Gasteiger partial charge on any atom is -0.346 e. The third-order valence-corrected chi connectivity index (χ3v) is 4.05. The van der Waals surface area contributed by atoms with Crippen LogP contribution in [0.2, 0.25) is 0 Å². The van der Waals surface area contributed by atoms with Gasteiger partial charge in [0.1, 0.15) is 0 Å². The van der Waals surface area contributed by atoms with Gasteiger partial charge in [0.2, 0.25) is 0 Å². The molecule has 1 atom stereocenters. The van der Waals surface area contributed by atoms with Crippen LogP contribution in [-0.4, -0.2) is 46.0 Å². The molecule has 6 nitrogen and oxygen atoms in total. The summed E-state index contributed by atoms with van der Waals surface area (Å²) in [6.07, 6.45) is -3.57. The van der Waals surface area contributed by atoms with Crippen molar-refractivity contribution in [2.24, 2.45) is 0 Å². The van der Waals surface area contributed by atoms with Crippen LogP contribution in [0.1, 0.15) is 28.0 Å². The number of benzene rings is 1. The number of nitrogens with one attached hydrogen (secondary N) is 2. The Kier molecular flexibility index (Phi) is 5.13. The Morgan fingerprint density at radius 1 is 1.30 bits per heavy atom. The molecule has 1 amide bonds. The van der Waals surface area contributed by atoms with Gasteiger partial charge in [0.25, 0.3) is 11.8 Å². The molecular formula is C16H16F5N5O. The largest absolute Gasteiger partial charge is 0.416 e. The van der Waals surface area contributed by atoms with E-state index < -0.39 is 42.6 Å². The molecule has 146 valence electrons. The molecule has 1 aromatic carbocycles. The molecule has 0 spiro atoms. The molecule has 0 aliphatic carbocycles. The van der Waals surface area contributed by atoms with Crippen molar-refractivity contribution in [1.29, 1.82) is 0 Å². The van der Waals surface area contributed by atoms with Crippen LogP contribution in [0.15, 0.2) is 30.5 Å². The molecular weight excluding hydrogens is 373 g/mol. The number of carbonyl (C=O) groups excluding carboxylic acids is 1. The molecule has 1 saturated heterocycles.